The van der Waals surface area contributed by atoms with Gasteiger partial charge in [-0.15, -0.1) is 0 Å². The van der Waals surface area contributed by atoms with E-state index >= 15 is 0 Å². The lowest BCUT2D eigenvalue weighted by Crippen LogP contribution is -2.08. The van der Waals surface area contributed by atoms with Crippen LogP contribution in [0.5, 0.6) is 11.5 Å². The number of anilines is 1. The van der Waals surface area contributed by atoms with Crippen LogP contribution in [-0.4, -0.2) is 22.6 Å². The maximum atomic E-state index is 12.5. The highest BCUT2D eigenvalue weighted by Gasteiger charge is 2.20. The molecule has 0 aliphatic rings. The number of nitrogens with two attached hydrogens (primary N) is 1. The minimum Gasteiger partial charge on any atom is -0.491 e. The van der Waals surface area contributed by atoms with Gasteiger partial charge in [-0.3, -0.25) is 10.1 Å². The molecule has 0 saturated heterocycles. The Hall–Kier alpha value is -3.91. The van der Waals surface area contributed by atoms with E-state index in [0.717, 1.165) is 19.3 Å². The predicted molar refractivity (Wildman–Crippen MR) is 139 cm³/mol. The van der Waals surface area contributed by atoms with Crippen molar-refractivity contribution in [2.45, 2.75) is 52.1 Å². The Morgan fingerprint density at radius 3 is 2.28 bits per heavy atom. The van der Waals surface area contributed by atoms with E-state index in [2.05, 4.69) is 6.92 Å². The summed E-state index contributed by atoms with van der Waals surface area (Å²) in [4.78, 5) is 23.8. The van der Waals surface area contributed by atoms with Crippen LogP contribution in [0.15, 0.2) is 60.7 Å². The second-order valence-corrected chi connectivity index (χ2v) is 8.55. The standard InChI is InChI=1S/C28H32N2O6/c1-2-3-4-5-6-7-16-35-27-18-26(30(33)34)24(17-25(27)29)21-10-12-22(13-11-21)28(32)36-23-14-8-20(19-31)9-15-23/h8-15,17-18,31H,2-7,16,19,29H2,1H3. The maximum absolute atomic E-state index is 12.5. The van der Waals surface area contributed by atoms with Gasteiger partial charge >= 0.3 is 5.97 Å². The molecule has 3 N–H and O–H groups in total. The van der Waals surface area contributed by atoms with Crippen molar-refractivity contribution in [1.29, 1.82) is 0 Å². The molecule has 0 atom stereocenters. The highest BCUT2D eigenvalue weighted by atomic mass is 16.6. The van der Waals surface area contributed by atoms with Crippen molar-refractivity contribution in [1.82, 2.24) is 0 Å². The number of nitrogens with zero attached hydrogens (tertiary/aromatic N) is 1. The van der Waals surface area contributed by atoms with Crippen molar-refractivity contribution >= 4 is 17.3 Å². The number of carbonyl (C=O) groups is 1. The lowest BCUT2D eigenvalue weighted by atomic mass is 10.0. The molecule has 0 aliphatic carbocycles. The minimum atomic E-state index is -0.564. The van der Waals surface area contributed by atoms with Gasteiger partial charge in [0.1, 0.15) is 11.5 Å². The summed E-state index contributed by atoms with van der Waals surface area (Å²) in [7, 11) is 0. The van der Waals surface area contributed by atoms with Crippen molar-refractivity contribution in [3.63, 3.8) is 0 Å². The molecule has 0 radical (unpaired) electrons. The summed E-state index contributed by atoms with van der Waals surface area (Å²) in [6, 6.07) is 15.7. The molecule has 0 bridgehead atoms. The number of ether oxygens (including phenoxy) is 2. The molecule has 0 aromatic heterocycles. The summed E-state index contributed by atoms with van der Waals surface area (Å²) in [6.45, 7) is 2.52. The van der Waals surface area contributed by atoms with E-state index in [4.69, 9.17) is 20.3 Å². The van der Waals surface area contributed by atoms with Crippen LogP contribution in [0.3, 0.4) is 0 Å². The summed E-state index contributed by atoms with van der Waals surface area (Å²) in [5.41, 5.74) is 8.22. The molecule has 0 aliphatic heterocycles. The molecule has 3 aromatic carbocycles. The monoisotopic (exact) mass is 492 g/mol. The van der Waals surface area contributed by atoms with Gasteiger partial charge in [0.2, 0.25) is 0 Å². The predicted octanol–water partition coefficient (Wildman–Crippen LogP) is 6.29. The molecule has 8 nitrogen and oxygen atoms in total. The molecule has 0 fully saturated rings. The van der Waals surface area contributed by atoms with Crippen molar-refractivity contribution in [2.75, 3.05) is 12.3 Å². The zero-order valence-corrected chi connectivity index (χ0v) is 20.4. The Bertz CT molecular complexity index is 1160. The Morgan fingerprint density at radius 2 is 1.64 bits per heavy atom. The van der Waals surface area contributed by atoms with Gasteiger partial charge in [-0.1, -0.05) is 63.3 Å². The van der Waals surface area contributed by atoms with Crippen LogP contribution in [0.2, 0.25) is 0 Å². The smallest absolute Gasteiger partial charge is 0.343 e. The molecule has 8 heteroatoms. The number of unbranched alkanes of at least 4 members (excludes halogenated alkanes) is 5. The number of hydrogen-bond acceptors (Lipinski definition) is 7. The molecule has 0 saturated carbocycles. The van der Waals surface area contributed by atoms with E-state index in [1.54, 1.807) is 48.5 Å². The van der Waals surface area contributed by atoms with Crippen LogP contribution in [0, 0.1) is 10.1 Å². The number of benzene rings is 3. The first kappa shape index (κ1) is 26.7. The van der Waals surface area contributed by atoms with Crippen molar-refractivity contribution in [3.05, 3.63) is 81.9 Å². The molecule has 36 heavy (non-hydrogen) atoms. The molecular weight excluding hydrogens is 460 g/mol. The average Bonchev–Trinajstić information content (AvgIpc) is 2.89. The van der Waals surface area contributed by atoms with Crippen LogP contribution in [-0.2, 0) is 6.61 Å². The third-order valence-electron chi connectivity index (χ3n) is 5.83. The van der Waals surface area contributed by atoms with Gasteiger partial charge in [0, 0.05) is 0 Å². The molecular formula is C28H32N2O6. The highest BCUT2D eigenvalue weighted by molar-refractivity contribution is 5.92. The zero-order valence-electron chi connectivity index (χ0n) is 20.4. The van der Waals surface area contributed by atoms with Crippen LogP contribution in [0.25, 0.3) is 11.1 Å². The van der Waals surface area contributed by atoms with Crippen molar-refractivity contribution in [3.8, 4) is 22.6 Å². The lowest BCUT2D eigenvalue weighted by Gasteiger charge is -2.12. The van der Waals surface area contributed by atoms with Crippen LogP contribution in [0.4, 0.5) is 11.4 Å². The Kier molecular flexibility index (Phi) is 9.82. The Balaban J connectivity index is 1.69. The molecule has 3 rings (SSSR count). The van der Waals surface area contributed by atoms with Gasteiger partial charge in [-0.2, -0.15) is 0 Å². The fraction of sp³-hybridized carbons (Fsp3) is 0.321. The minimum absolute atomic E-state index is 0.0986. The van der Waals surface area contributed by atoms with Gasteiger partial charge in [-0.05, 0) is 47.9 Å². The lowest BCUT2D eigenvalue weighted by molar-refractivity contribution is -0.384. The Labute approximate surface area is 210 Å². The molecule has 0 unspecified atom stereocenters. The largest absolute Gasteiger partial charge is 0.491 e. The molecule has 190 valence electrons. The summed E-state index contributed by atoms with van der Waals surface area (Å²) < 4.78 is 11.1. The quantitative estimate of drug-likeness (QED) is 0.0717. The zero-order chi connectivity index (χ0) is 25.9. The van der Waals surface area contributed by atoms with Crippen molar-refractivity contribution in [2.24, 2.45) is 0 Å². The fourth-order valence-electron chi connectivity index (χ4n) is 3.77. The number of hydrogen-bond donors (Lipinski definition) is 2. The normalized spacial score (nSPS) is 10.7. The van der Waals surface area contributed by atoms with E-state index in [1.807, 2.05) is 0 Å². The number of esters is 1. The number of aliphatic hydroxyl groups is 1. The number of nitrogen functional groups attached to an aromatic ring is 1. The SMILES string of the molecule is CCCCCCCCOc1cc([N+](=O)[O-])c(-c2ccc(C(=O)Oc3ccc(CO)cc3)cc2)cc1N. The average molecular weight is 493 g/mol. The van der Waals surface area contributed by atoms with Gasteiger partial charge < -0.3 is 20.3 Å². The number of nitro groups is 1. The maximum Gasteiger partial charge on any atom is 0.343 e. The van der Waals surface area contributed by atoms with E-state index in [9.17, 15) is 14.9 Å². The first-order valence-corrected chi connectivity index (χ1v) is 12.2. The number of carbonyl (C=O) groups excluding carboxylic acids is 1. The topological polar surface area (TPSA) is 125 Å². The van der Waals surface area contributed by atoms with Gasteiger partial charge in [0.25, 0.3) is 5.69 Å². The number of rotatable bonds is 13. The third-order valence-corrected chi connectivity index (χ3v) is 5.83. The molecule has 3 aromatic rings. The fourth-order valence-corrected chi connectivity index (χ4v) is 3.77. The van der Waals surface area contributed by atoms with E-state index < -0.39 is 10.9 Å². The first-order chi connectivity index (χ1) is 17.4. The summed E-state index contributed by atoms with van der Waals surface area (Å²) in [6.07, 6.45) is 6.67. The second-order valence-electron chi connectivity index (χ2n) is 8.55. The van der Waals surface area contributed by atoms with Crippen LogP contribution >= 0.6 is 0 Å². The van der Waals surface area contributed by atoms with Gasteiger partial charge in [-0.25, -0.2) is 4.79 Å². The molecule has 0 heterocycles. The molecule has 0 spiro atoms. The van der Waals surface area contributed by atoms with E-state index in [0.29, 0.717) is 46.0 Å². The third kappa shape index (κ3) is 7.29. The van der Waals surface area contributed by atoms with Gasteiger partial charge in [0.15, 0.2) is 0 Å². The van der Waals surface area contributed by atoms with E-state index in [1.165, 1.54) is 31.4 Å². The van der Waals surface area contributed by atoms with Gasteiger partial charge in [0.05, 0.1) is 41.0 Å². The number of aliphatic hydroxyl groups excluding tert-OH is 1. The second kappa shape index (κ2) is 13.3. The van der Waals surface area contributed by atoms with E-state index in [-0.39, 0.29) is 12.3 Å². The highest BCUT2D eigenvalue weighted by Crippen LogP contribution is 2.37. The van der Waals surface area contributed by atoms with Crippen LogP contribution in [0.1, 0.15) is 61.4 Å². The summed E-state index contributed by atoms with van der Waals surface area (Å²) in [5, 5.41) is 20.9. The van der Waals surface area contributed by atoms with Crippen molar-refractivity contribution < 1.29 is 24.3 Å². The summed E-state index contributed by atoms with van der Waals surface area (Å²) in [5.74, 6) is 0.0819. The first-order valence-electron chi connectivity index (χ1n) is 12.2. The summed E-state index contributed by atoms with van der Waals surface area (Å²) >= 11 is 0. The van der Waals surface area contributed by atoms with Crippen LogP contribution < -0.4 is 15.2 Å². The molecule has 0 amide bonds. The Morgan fingerprint density at radius 1 is 0.972 bits per heavy atom. The number of nitro benzene ring substituents is 1.